The number of aromatic carboxylic acids is 1. The smallest absolute Gasteiger partial charge is 0.335 e. The number of benzene rings is 2. The van der Waals surface area contributed by atoms with Crippen LogP contribution in [0.15, 0.2) is 48.5 Å². The Morgan fingerprint density at radius 2 is 1.94 bits per heavy atom. The molecule has 0 saturated carbocycles. The number of carboxylic acid groups (broad SMARTS) is 1. The zero-order chi connectivity index (χ0) is 22.0. The third kappa shape index (κ3) is 4.47. The van der Waals surface area contributed by atoms with E-state index in [2.05, 4.69) is 18.3 Å². The number of rotatable bonds is 7. The normalized spacial score (nSPS) is 10.9. The van der Waals surface area contributed by atoms with Crippen LogP contribution in [-0.2, 0) is 13.0 Å². The van der Waals surface area contributed by atoms with Crippen LogP contribution in [0.25, 0.3) is 21.6 Å². The first-order chi connectivity index (χ1) is 15.0. The highest BCUT2D eigenvalue weighted by Crippen LogP contribution is 2.32. The van der Waals surface area contributed by atoms with E-state index < -0.39 is 5.97 Å². The van der Waals surface area contributed by atoms with Crippen molar-refractivity contribution in [3.8, 4) is 17.1 Å². The van der Waals surface area contributed by atoms with Gasteiger partial charge in [0.1, 0.15) is 16.4 Å². The fourth-order valence-corrected chi connectivity index (χ4v) is 4.42. The number of carboxylic acids is 1. The number of nitrogens with one attached hydrogen (secondary N) is 1. The predicted octanol–water partition coefficient (Wildman–Crippen LogP) is 5.89. The van der Waals surface area contributed by atoms with Gasteiger partial charge in [-0.3, -0.25) is 0 Å². The van der Waals surface area contributed by atoms with E-state index in [0.29, 0.717) is 23.1 Å². The second kappa shape index (κ2) is 8.91. The average Bonchev–Trinajstić information content (AvgIpc) is 3.21. The SMILES string of the molecule is CCc1cc2c(NCc3ccc(OC)c(Cl)c3)nc(-c3ccc(C(=O)O)cc3)nc2s1. The number of nitrogens with zero attached hydrogens (tertiary/aromatic N) is 2. The summed E-state index contributed by atoms with van der Waals surface area (Å²) in [7, 11) is 1.59. The molecule has 31 heavy (non-hydrogen) atoms. The Kier molecular flexibility index (Phi) is 6.06. The highest BCUT2D eigenvalue weighted by Gasteiger charge is 2.14. The van der Waals surface area contributed by atoms with E-state index in [1.54, 1.807) is 42.7 Å². The standard InChI is InChI=1S/C23H20ClN3O3S/c1-3-16-11-17-21(25-12-13-4-9-19(30-2)18(24)10-13)26-20(27-22(17)31-16)14-5-7-15(8-6-14)23(28)29/h4-11H,3,12H2,1-2H3,(H,28,29)(H,25,26,27). The summed E-state index contributed by atoms with van der Waals surface area (Å²) in [5.74, 6) is 0.941. The minimum Gasteiger partial charge on any atom is -0.495 e. The number of carbonyl (C=O) groups is 1. The molecule has 0 spiro atoms. The summed E-state index contributed by atoms with van der Waals surface area (Å²) in [6.07, 6.45) is 0.914. The van der Waals surface area contributed by atoms with Crippen molar-refractivity contribution in [1.82, 2.24) is 9.97 Å². The minimum atomic E-state index is -0.964. The number of methoxy groups -OCH3 is 1. The van der Waals surface area contributed by atoms with Gasteiger partial charge in [0.05, 0.1) is 23.1 Å². The molecule has 0 aliphatic carbocycles. The highest BCUT2D eigenvalue weighted by molar-refractivity contribution is 7.18. The van der Waals surface area contributed by atoms with E-state index in [1.807, 2.05) is 18.2 Å². The number of ether oxygens (including phenoxy) is 1. The lowest BCUT2D eigenvalue weighted by atomic mass is 10.1. The van der Waals surface area contributed by atoms with Gasteiger partial charge in [-0.25, -0.2) is 14.8 Å². The molecule has 2 aromatic heterocycles. The Hall–Kier alpha value is -3.16. The molecule has 8 heteroatoms. The Morgan fingerprint density at radius 3 is 2.58 bits per heavy atom. The van der Waals surface area contributed by atoms with Crippen LogP contribution in [0.2, 0.25) is 5.02 Å². The lowest BCUT2D eigenvalue weighted by molar-refractivity contribution is 0.0697. The van der Waals surface area contributed by atoms with E-state index in [9.17, 15) is 4.79 Å². The minimum absolute atomic E-state index is 0.226. The van der Waals surface area contributed by atoms with Crippen molar-refractivity contribution in [2.45, 2.75) is 19.9 Å². The van der Waals surface area contributed by atoms with Gasteiger partial charge in [0.2, 0.25) is 0 Å². The molecule has 0 bridgehead atoms. The van der Waals surface area contributed by atoms with Crippen molar-refractivity contribution in [3.05, 3.63) is 69.6 Å². The van der Waals surface area contributed by atoms with Crippen molar-refractivity contribution < 1.29 is 14.6 Å². The van der Waals surface area contributed by atoms with Gasteiger partial charge in [-0.1, -0.05) is 36.7 Å². The molecule has 0 amide bonds. The molecule has 0 fully saturated rings. The Morgan fingerprint density at radius 1 is 1.16 bits per heavy atom. The summed E-state index contributed by atoms with van der Waals surface area (Å²) in [4.78, 5) is 22.7. The van der Waals surface area contributed by atoms with E-state index in [1.165, 1.54) is 4.88 Å². The molecule has 0 atom stereocenters. The van der Waals surface area contributed by atoms with E-state index in [0.717, 1.165) is 33.6 Å². The number of anilines is 1. The topological polar surface area (TPSA) is 84.3 Å². The van der Waals surface area contributed by atoms with E-state index in [4.69, 9.17) is 31.4 Å². The maximum absolute atomic E-state index is 11.1. The molecule has 0 radical (unpaired) electrons. The number of thiophene rings is 1. The fourth-order valence-electron chi connectivity index (χ4n) is 3.18. The number of hydrogen-bond acceptors (Lipinski definition) is 6. The maximum atomic E-state index is 11.1. The molecule has 2 N–H and O–H groups in total. The van der Waals surface area contributed by atoms with Crippen LogP contribution >= 0.6 is 22.9 Å². The summed E-state index contributed by atoms with van der Waals surface area (Å²) in [6.45, 7) is 2.64. The van der Waals surface area contributed by atoms with Gasteiger partial charge in [0.25, 0.3) is 0 Å². The first-order valence-corrected chi connectivity index (χ1v) is 10.9. The summed E-state index contributed by atoms with van der Waals surface area (Å²) in [5, 5.41) is 14.1. The quantitative estimate of drug-likeness (QED) is 0.362. The van der Waals surface area contributed by atoms with Crippen LogP contribution in [0.5, 0.6) is 5.75 Å². The van der Waals surface area contributed by atoms with Gasteiger partial charge < -0.3 is 15.2 Å². The van der Waals surface area contributed by atoms with Gasteiger partial charge in [-0.05, 0) is 42.3 Å². The summed E-state index contributed by atoms with van der Waals surface area (Å²) in [5.41, 5.74) is 1.98. The molecule has 2 aromatic carbocycles. The number of aromatic nitrogens is 2. The third-order valence-electron chi connectivity index (χ3n) is 4.86. The summed E-state index contributed by atoms with van der Waals surface area (Å²) in [6, 6.07) is 14.3. The van der Waals surface area contributed by atoms with Crippen LogP contribution < -0.4 is 10.1 Å². The first kappa shape index (κ1) is 21.1. The molecular formula is C23H20ClN3O3S. The number of fused-ring (bicyclic) bond motifs is 1. The first-order valence-electron chi connectivity index (χ1n) is 9.69. The van der Waals surface area contributed by atoms with E-state index >= 15 is 0 Å². The second-order valence-corrected chi connectivity index (χ2v) is 8.41. The van der Waals surface area contributed by atoms with Gasteiger partial charge in [0, 0.05) is 17.0 Å². The number of aryl methyl sites for hydroxylation is 1. The highest BCUT2D eigenvalue weighted by atomic mass is 35.5. The van der Waals surface area contributed by atoms with E-state index in [-0.39, 0.29) is 5.56 Å². The number of hydrogen-bond donors (Lipinski definition) is 2. The van der Waals surface area contributed by atoms with Crippen molar-refractivity contribution in [1.29, 1.82) is 0 Å². The van der Waals surface area contributed by atoms with Crippen molar-refractivity contribution in [3.63, 3.8) is 0 Å². The molecule has 0 aliphatic rings. The van der Waals surface area contributed by atoms with Crippen LogP contribution in [0.1, 0.15) is 27.7 Å². The maximum Gasteiger partial charge on any atom is 0.335 e. The Balaban J connectivity index is 1.70. The Bertz CT molecular complexity index is 1260. The molecule has 158 valence electrons. The average molecular weight is 454 g/mol. The zero-order valence-electron chi connectivity index (χ0n) is 17.0. The Labute approximate surface area is 188 Å². The molecule has 0 saturated heterocycles. The fraction of sp³-hybridized carbons (Fsp3) is 0.174. The van der Waals surface area contributed by atoms with Crippen molar-refractivity contribution in [2.75, 3.05) is 12.4 Å². The van der Waals surface area contributed by atoms with Crippen LogP contribution in [-0.4, -0.2) is 28.2 Å². The van der Waals surface area contributed by atoms with Gasteiger partial charge in [-0.15, -0.1) is 11.3 Å². The van der Waals surface area contributed by atoms with Crippen molar-refractivity contribution in [2.24, 2.45) is 0 Å². The van der Waals surface area contributed by atoms with Crippen LogP contribution in [0.3, 0.4) is 0 Å². The molecule has 4 aromatic rings. The van der Waals surface area contributed by atoms with Crippen LogP contribution in [0, 0.1) is 0 Å². The lowest BCUT2D eigenvalue weighted by Crippen LogP contribution is -2.04. The molecule has 2 heterocycles. The molecule has 0 aliphatic heterocycles. The van der Waals surface area contributed by atoms with Gasteiger partial charge in [-0.2, -0.15) is 0 Å². The zero-order valence-corrected chi connectivity index (χ0v) is 18.5. The lowest BCUT2D eigenvalue weighted by Gasteiger charge is -2.10. The van der Waals surface area contributed by atoms with Gasteiger partial charge in [0.15, 0.2) is 5.82 Å². The molecule has 4 rings (SSSR count). The van der Waals surface area contributed by atoms with Crippen molar-refractivity contribution >= 4 is 44.9 Å². The van der Waals surface area contributed by atoms with Gasteiger partial charge >= 0.3 is 5.97 Å². The monoisotopic (exact) mass is 453 g/mol. The molecular weight excluding hydrogens is 434 g/mol. The molecule has 0 unspecified atom stereocenters. The summed E-state index contributed by atoms with van der Waals surface area (Å²) >= 11 is 7.88. The predicted molar refractivity (Wildman–Crippen MR) is 125 cm³/mol. The second-order valence-electron chi connectivity index (χ2n) is 6.89. The summed E-state index contributed by atoms with van der Waals surface area (Å²) < 4.78 is 5.22. The third-order valence-corrected chi connectivity index (χ3v) is 6.33. The van der Waals surface area contributed by atoms with Crippen LogP contribution in [0.4, 0.5) is 5.82 Å². The molecule has 6 nitrogen and oxygen atoms in total. The number of halogens is 1. The largest absolute Gasteiger partial charge is 0.495 e.